The minimum Gasteiger partial charge on any atom is -0.481 e. The lowest BCUT2D eigenvalue weighted by Gasteiger charge is -2.18. The van der Waals surface area contributed by atoms with Crippen molar-refractivity contribution >= 4 is 11.9 Å². The van der Waals surface area contributed by atoms with Crippen molar-refractivity contribution in [3.05, 3.63) is 77.5 Å². The highest BCUT2D eigenvalue weighted by Gasteiger charge is 2.22. The van der Waals surface area contributed by atoms with Gasteiger partial charge in [-0.15, -0.1) is 0 Å². The minimum absolute atomic E-state index is 0.104. The van der Waals surface area contributed by atoms with Gasteiger partial charge in [-0.05, 0) is 18.1 Å². The summed E-state index contributed by atoms with van der Waals surface area (Å²) in [7, 11) is 0. The number of aromatic nitrogens is 1. The molecule has 26 heavy (non-hydrogen) atoms. The number of carbonyl (C=O) groups is 2. The highest BCUT2D eigenvalue weighted by atomic mass is 16.5. The smallest absolute Gasteiger partial charge is 0.305 e. The number of aliphatic carboxylic acids is 1. The second kappa shape index (κ2) is 7.65. The van der Waals surface area contributed by atoms with Crippen LogP contribution in [-0.2, 0) is 4.79 Å². The minimum atomic E-state index is -0.997. The first kappa shape index (κ1) is 17.4. The van der Waals surface area contributed by atoms with Crippen molar-refractivity contribution in [2.45, 2.75) is 19.4 Å². The maximum atomic E-state index is 12.5. The van der Waals surface area contributed by atoms with Crippen molar-refractivity contribution in [2.24, 2.45) is 0 Å². The largest absolute Gasteiger partial charge is 0.481 e. The van der Waals surface area contributed by atoms with Crippen molar-refractivity contribution < 1.29 is 19.2 Å². The molecule has 1 amide bonds. The van der Waals surface area contributed by atoms with E-state index in [-0.39, 0.29) is 12.1 Å². The molecule has 0 saturated heterocycles. The van der Waals surface area contributed by atoms with Gasteiger partial charge in [0.2, 0.25) is 0 Å². The topological polar surface area (TPSA) is 92.4 Å². The molecule has 1 atom stereocenters. The first-order chi connectivity index (χ1) is 12.5. The van der Waals surface area contributed by atoms with Crippen molar-refractivity contribution in [2.75, 3.05) is 0 Å². The number of rotatable bonds is 6. The number of amides is 1. The first-order valence-corrected chi connectivity index (χ1v) is 8.15. The van der Waals surface area contributed by atoms with E-state index in [1.54, 1.807) is 12.1 Å². The number of benzene rings is 2. The summed E-state index contributed by atoms with van der Waals surface area (Å²) in [5.74, 6) is -1.00. The molecule has 2 N–H and O–H groups in total. The van der Waals surface area contributed by atoms with Crippen LogP contribution in [0.3, 0.4) is 0 Å². The van der Waals surface area contributed by atoms with E-state index in [1.807, 2.05) is 55.5 Å². The summed E-state index contributed by atoms with van der Waals surface area (Å²) in [6, 6.07) is 17.5. The van der Waals surface area contributed by atoms with Crippen LogP contribution in [-0.4, -0.2) is 22.1 Å². The van der Waals surface area contributed by atoms with Gasteiger partial charge >= 0.3 is 5.97 Å². The number of nitrogens with zero attached hydrogens (tertiary/aromatic N) is 1. The molecule has 0 aliphatic carbocycles. The average molecular weight is 350 g/mol. The quantitative estimate of drug-likeness (QED) is 0.709. The molecule has 6 nitrogen and oxygen atoms in total. The van der Waals surface area contributed by atoms with Crippen molar-refractivity contribution in [1.29, 1.82) is 0 Å². The molecule has 6 heteroatoms. The van der Waals surface area contributed by atoms with Gasteiger partial charge in [-0.2, -0.15) is 0 Å². The fraction of sp³-hybridized carbons (Fsp3) is 0.150. The maximum absolute atomic E-state index is 12.5. The summed E-state index contributed by atoms with van der Waals surface area (Å²) in [5, 5.41) is 15.7. The van der Waals surface area contributed by atoms with E-state index < -0.39 is 17.9 Å². The number of hydrogen-bond donors (Lipinski definition) is 2. The van der Waals surface area contributed by atoms with Gasteiger partial charge < -0.3 is 14.9 Å². The van der Waals surface area contributed by atoms with Crippen LogP contribution in [0.4, 0.5) is 0 Å². The molecular formula is C20H18N2O4. The van der Waals surface area contributed by atoms with E-state index in [2.05, 4.69) is 10.5 Å². The molecule has 0 fully saturated rings. The maximum Gasteiger partial charge on any atom is 0.305 e. The predicted octanol–water partition coefficient (Wildman–Crippen LogP) is 3.60. The van der Waals surface area contributed by atoms with Gasteiger partial charge in [-0.1, -0.05) is 59.8 Å². The normalized spacial score (nSPS) is 11.7. The van der Waals surface area contributed by atoms with Gasteiger partial charge in [0, 0.05) is 11.6 Å². The van der Waals surface area contributed by atoms with Crippen LogP contribution in [0.15, 0.2) is 65.2 Å². The van der Waals surface area contributed by atoms with Crippen LogP contribution in [0, 0.1) is 6.92 Å². The highest BCUT2D eigenvalue weighted by molar-refractivity contribution is 5.93. The molecule has 1 heterocycles. The number of hydrogen-bond acceptors (Lipinski definition) is 4. The lowest BCUT2D eigenvalue weighted by Crippen LogP contribution is -2.30. The second-order valence-electron chi connectivity index (χ2n) is 5.92. The molecule has 2 aromatic carbocycles. The molecule has 1 aromatic heterocycles. The van der Waals surface area contributed by atoms with Crippen LogP contribution < -0.4 is 5.32 Å². The number of carbonyl (C=O) groups excluding carboxylic acids is 1. The van der Waals surface area contributed by atoms with Crippen LogP contribution in [0.25, 0.3) is 11.3 Å². The molecular weight excluding hydrogens is 332 g/mol. The van der Waals surface area contributed by atoms with Gasteiger partial charge in [-0.25, -0.2) is 0 Å². The highest BCUT2D eigenvalue weighted by Crippen LogP contribution is 2.23. The summed E-state index contributed by atoms with van der Waals surface area (Å²) < 4.78 is 5.24. The Hall–Kier alpha value is -3.41. The standard InChI is InChI=1S/C20H18N2O4/c1-13-7-5-6-10-15(13)16(12-19(23)24)21-20(25)17-11-18(26-22-17)14-8-3-2-4-9-14/h2-11,16H,12H2,1H3,(H,21,25)(H,23,24)/t16-/m0/s1. The Morgan fingerprint density at radius 1 is 1.12 bits per heavy atom. The molecule has 0 spiro atoms. The molecule has 0 unspecified atom stereocenters. The Labute approximate surface area is 150 Å². The molecule has 0 aliphatic rings. The second-order valence-corrected chi connectivity index (χ2v) is 5.92. The lowest BCUT2D eigenvalue weighted by molar-refractivity contribution is -0.137. The van der Waals surface area contributed by atoms with E-state index in [1.165, 1.54) is 0 Å². The zero-order valence-corrected chi connectivity index (χ0v) is 14.2. The van der Waals surface area contributed by atoms with Gasteiger partial charge in [0.25, 0.3) is 5.91 Å². The third-order valence-electron chi connectivity index (χ3n) is 4.05. The predicted molar refractivity (Wildman–Crippen MR) is 95.6 cm³/mol. The zero-order valence-electron chi connectivity index (χ0n) is 14.2. The summed E-state index contributed by atoms with van der Waals surface area (Å²) in [6.07, 6.45) is -0.222. The molecule has 132 valence electrons. The molecule has 0 saturated carbocycles. The van der Waals surface area contributed by atoms with Crippen LogP contribution >= 0.6 is 0 Å². The Morgan fingerprint density at radius 2 is 1.81 bits per heavy atom. The van der Waals surface area contributed by atoms with Crippen LogP contribution in [0.2, 0.25) is 0 Å². The van der Waals surface area contributed by atoms with E-state index in [9.17, 15) is 14.7 Å². The van der Waals surface area contributed by atoms with Gasteiger partial charge in [0.05, 0.1) is 12.5 Å². The number of carboxylic acids is 1. The number of nitrogens with one attached hydrogen (secondary N) is 1. The zero-order chi connectivity index (χ0) is 18.5. The molecule has 3 rings (SSSR count). The summed E-state index contributed by atoms with van der Waals surface area (Å²) >= 11 is 0. The average Bonchev–Trinajstić information content (AvgIpc) is 3.12. The fourth-order valence-corrected chi connectivity index (χ4v) is 2.74. The molecule has 3 aromatic rings. The van der Waals surface area contributed by atoms with E-state index >= 15 is 0 Å². The first-order valence-electron chi connectivity index (χ1n) is 8.15. The van der Waals surface area contributed by atoms with Gasteiger partial charge in [0.15, 0.2) is 11.5 Å². The summed E-state index contributed by atoms with van der Waals surface area (Å²) in [5.41, 5.74) is 2.58. The fourth-order valence-electron chi connectivity index (χ4n) is 2.74. The number of carboxylic acid groups (broad SMARTS) is 1. The number of aryl methyl sites for hydroxylation is 1. The summed E-state index contributed by atoms with van der Waals surface area (Å²) in [4.78, 5) is 23.8. The Bertz CT molecular complexity index is 918. The van der Waals surface area contributed by atoms with Crippen LogP contribution in [0.5, 0.6) is 0 Å². The molecule has 0 aliphatic heterocycles. The Morgan fingerprint density at radius 3 is 2.50 bits per heavy atom. The monoisotopic (exact) mass is 350 g/mol. The molecule has 0 bridgehead atoms. The van der Waals surface area contributed by atoms with Crippen molar-refractivity contribution in [3.8, 4) is 11.3 Å². The van der Waals surface area contributed by atoms with E-state index in [0.717, 1.165) is 16.7 Å². The van der Waals surface area contributed by atoms with Crippen molar-refractivity contribution in [1.82, 2.24) is 10.5 Å². The lowest BCUT2D eigenvalue weighted by atomic mass is 9.98. The van der Waals surface area contributed by atoms with Crippen LogP contribution in [0.1, 0.15) is 34.1 Å². The SMILES string of the molecule is Cc1ccccc1[C@H](CC(=O)O)NC(=O)c1cc(-c2ccccc2)on1. The molecule has 0 radical (unpaired) electrons. The van der Waals surface area contributed by atoms with E-state index in [4.69, 9.17) is 4.52 Å². The van der Waals surface area contributed by atoms with Crippen molar-refractivity contribution in [3.63, 3.8) is 0 Å². The van der Waals surface area contributed by atoms with E-state index in [0.29, 0.717) is 5.76 Å². The van der Waals surface area contributed by atoms with Gasteiger partial charge in [-0.3, -0.25) is 9.59 Å². The van der Waals surface area contributed by atoms with Gasteiger partial charge in [0.1, 0.15) is 0 Å². The summed E-state index contributed by atoms with van der Waals surface area (Å²) in [6.45, 7) is 1.87. The Kier molecular flexibility index (Phi) is 5.12. The third-order valence-corrected chi connectivity index (χ3v) is 4.05. The third kappa shape index (κ3) is 3.97. The Balaban J connectivity index is 1.81.